The zero-order valence-electron chi connectivity index (χ0n) is 30.4. The number of rotatable bonds is 11. The number of phenolic OH excluding ortho intramolecular Hbond substituents is 4. The second kappa shape index (κ2) is 16.8. The van der Waals surface area contributed by atoms with Crippen molar-refractivity contribution in [2.75, 3.05) is 20.8 Å². The predicted octanol–water partition coefficient (Wildman–Crippen LogP) is 0.594. The number of aliphatic hydroxyl groups excluding tert-OH is 5. The van der Waals surface area contributed by atoms with E-state index >= 15 is 0 Å². The zero-order valence-corrected chi connectivity index (χ0v) is 30.4. The van der Waals surface area contributed by atoms with Gasteiger partial charge >= 0.3 is 5.97 Å². The number of phenols is 4. The Morgan fingerprint density at radius 3 is 2.11 bits per heavy atom. The number of carbonyl (C=O) groups is 1. The van der Waals surface area contributed by atoms with E-state index < -0.39 is 102 Å². The topological polar surface area (TPSA) is 294 Å². The maximum atomic E-state index is 14.1. The number of esters is 1. The average molecular weight is 801 g/mol. The highest BCUT2D eigenvalue weighted by Gasteiger charge is 2.50. The first-order chi connectivity index (χ1) is 27.1. The van der Waals surface area contributed by atoms with Crippen LogP contribution in [0.2, 0.25) is 0 Å². The standard InChI is InChI=1S/C38H40O19/c1-15-27(43)31(47)33(49)37(53-15)52-14-24-29(45)32(48)36(56-25(42)9-4-16-10-22(50-2)28(44)23(11-16)51-3)38(55-24)57-35-30(46)26-20(41)12-19(40)13-21(26)54-34(35)17-5-7-18(39)8-6-17/h4-13,15,24,27,29,31-33,36-41,43-45,47-49H,14H2,1-3H3/b9-4+/t15-,24+,27-,29+,31+,32-,33+,36+,37+,38-/m0/s1. The highest BCUT2D eigenvalue weighted by atomic mass is 16.7. The van der Waals surface area contributed by atoms with E-state index in [-0.39, 0.29) is 39.9 Å². The van der Waals surface area contributed by atoms with Crippen molar-refractivity contribution in [1.29, 1.82) is 0 Å². The summed E-state index contributed by atoms with van der Waals surface area (Å²) in [6.07, 6.45) is -14.6. The molecule has 0 radical (unpaired) electrons. The van der Waals surface area contributed by atoms with Crippen molar-refractivity contribution in [1.82, 2.24) is 0 Å². The van der Waals surface area contributed by atoms with E-state index in [1.54, 1.807) is 0 Å². The van der Waals surface area contributed by atoms with E-state index in [1.165, 1.54) is 63.6 Å². The SMILES string of the molecule is COc1cc(/C=C/C(=O)O[C@H]2[C@H](Oc3c(-c4ccc(O)cc4)oc4cc(O)cc(O)c4c3=O)O[C@H](CO[C@@H]3O[C@@H](C)[C@H](O)[C@@H](O)[C@H]3O)[C@@H](O)[C@@H]2O)cc(OC)c1O. The molecule has 0 aliphatic carbocycles. The molecule has 57 heavy (non-hydrogen) atoms. The zero-order chi connectivity index (χ0) is 41.3. The van der Waals surface area contributed by atoms with Gasteiger partial charge in [-0.15, -0.1) is 0 Å². The number of fused-ring (bicyclic) bond motifs is 1. The van der Waals surface area contributed by atoms with Crippen LogP contribution in [0.25, 0.3) is 28.4 Å². The minimum Gasteiger partial charge on any atom is -0.508 e. The number of aliphatic hydroxyl groups is 5. The molecule has 0 amide bonds. The smallest absolute Gasteiger partial charge is 0.331 e. The molecule has 19 nitrogen and oxygen atoms in total. The Hall–Kier alpha value is -5.64. The number of hydrogen-bond acceptors (Lipinski definition) is 19. The van der Waals surface area contributed by atoms with Gasteiger partial charge in [0.15, 0.2) is 29.7 Å². The van der Waals surface area contributed by atoms with Crippen molar-refractivity contribution in [2.45, 2.75) is 68.3 Å². The van der Waals surface area contributed by atoms with E-state index in [0.717, 1.165) is 18.2 Å². The fraction of sp³-hybridized carbons (Fsp3) is 0.368. The molecule has 10 atom stereocenters. The summed E-state index contributed by atoms with van der Waals surface area (Å²) in [6.45, 7) is 0.745. The molecule has 9 N–H and O–H groups in total. The third-order valence-electron chi connectivity index (χ3n) is 9.33. The van der Waals surface area contributed by atoms with Crippen LogP contribution >= 0.6 is 0 Å². The molecule has 3 heterocycles. The van der Waals surface area contributed by atoms with E-state index in [1.807, 2.05) is 0 Å². The van der Waals surface area contributed by atoms with Gasteiger partial charge in [0, 0.05) is 23.8 Å². The summed E-state index contributed by atoms with van der Waals surface area (Å²) in [5, 5.41) is 93.8. The van der Waals surface area contributed by atoms with Crippen LogP contribution in [0.3, 0.4) is 0 Å². The van der Waals surface area contributed by atoms with Crippen molar-refractivity contribution in [3.63, 3.8) is 0 Å². The number of carbonyl (C=O) groups excluding carboxylic acids is 1. The molecule has 3 aromatic carbocycles. The minimum atomic E-state index is -2.03. The Kier molecular flexibility index (Phi) is 12.1. The van der Waals surface area contributed by atoms with E-state index in [4.69, 9.17) is 37.6 Å². The molecule has 2 saturated heterocycles. The lowest BCUT2D eigenvalue weighted by atomic mass is 9.98. The first kappa shape index (κ1) is 41.0. The van der Waals surface area contributed by atoms with E-state index in [9.17, 15) is 55.5 Å². The molecule has 0 bridgehead atoms. The second-order valence-electron chi connectivity index (χ2n) is 13.1. The Morgan fingerprint density at radius 2 is 1.46 bits per heavy atom. The highest BCUT2D eigenvalue weighted by Crippen LogP contribution is 2.39. The Morgan fingerprint density at radius 1 is 0.789 bits per heavy atom. The van der Waals surface area contributed by atoms with Gasteiger partial charge in [-0.1, -0.05) is 0 Å². The molecule has 2 aliphatic heterocycles. The third kappa shape index (κ3) is 8.41. The lowest BCUT2D eigenvalue weighted by Crippen LogP contribution is -2.62. The first-order valence-corrected chi connectivity index (χ1v) is 17.3. The molecule has 4 aromatic rings. The van der Waals surface area contributed by atoms with Crippen molar-refractivity contribution >= 4 is 23.0 Å². The van der Waals surface area contributed by atoms with Crippen LogP contribution in [0.15, 0.2) is 63.8 Å². The summed E-state index contributed by atoms with van der Waals surface area (Å²) in [7, 11) is 2.61. The number of methoxy groups -OCH3 is 2. The Balaban J connectivity index is 1.37. The molecular formula is C38H40O19. The van der Waals surface area contributed by atoms with Gasteiger partial charge in [-0.05, 0) is 55.0 Å². The molecule has 2 aliphatic rings. The highest BCUT2D eigenvalue weighted by molar-refractivity contribution is 5.89. The quantitative estimate of drug-likeness (QED) is 0.0741. The lowest BCUT2D eigenvalue weighted by molar-refractivity contribution is -0.319. The molecule has 0 spiro atoms. The van der Waals surface area contributed by atoms with Gasteiger partial charge in [0.05, 0.1) is 26.9 Å². The summed E-state index contributed by atoms with van der Waals surface area (Å²) >= 11 is 0. The summed E-state index contributed by atoms with van der Waals surface area (Å²) in [5.41, 5.74) is -0.853. The van der Waals surface area contributed by atoms with Crippen molar-refractivity contribution in [2.24, 2.45) is 0 Å². The number of ether oxygens (including phenoxy) is 7. The van der Waals surface area contributed by atoms with Crippen LogP contribution in [0, 0.1) is 0 Å². The minimum absolute atomic E-state index is 0.0227. The summed E-state index contributed by atoms with van der Waals surface area (Å²) in [6, 6.07) is 9.93. The predicted molar refractivity (Wildman–Crippen MR) is 193 cm³/mol. The molecule has 0 saturated carbocycles. The normalized spacial score (nSPS) is 27.6. The fourth-order valence-corrected chi connectivity index (χ4v) is 6.25. The van der Waals surface area contributed by atoms with Gasteiger partial charge in [0.1, 0.15) is 64.8 Å². The van der Waals surface area contributed by atoms with Crippen LogP contribution in [0.4, 0.5) is 0 Å². The monoisotopic (exact) mass is 800 g/mol. The van der Waals surface area contributed by atoms with Gasteiger partial charge in [-0.25, -0.2) is 4.79 Å². The Labute approximate surface area is 322 Å². The average Bonchev–Trinajstić information content (AvgIpc) is 3.18. The van der Waals surface area contributed by atoms with Gasteiger partial charge in [-0.2, -0.15) is 0 Å². The maximum Gasteiger partial charge on any atom is 0.331 e. The Bertz CT molecular complexity index is 2140. The number of hydrogen-bond donors (Lipinski definition) is 9. The van der Waals surface area contributed by atoms with Gasteiger partial charge in [0.2, 0.25) is 23.2 Å². The van der Waals surface area contributed by atoms with Crippen LogP contribution in [0.5, 0.6) is 40.2 Å². The molecular weight excluding hydrogens is 760 g/mol. The summed E-state index contributed by atoms with van der Waals surface area (Å²) in [5.74, 6) is -3.66. The molecule has 306 valence electrons. The third-order valence-corrected chi connectivity index (χ3v) is 9.33. The van der Waals surface area contributed by atoms with Crippen LogP contribution in [-0.4, -0.2) is 134 Å². The van der Waals surface area contributed by atoms with Crippen LogP contribution in [0.1, 0.15) is 12.5 Å². The van der Waals surface area contributed by atoms with E-state index in [0.29, 0.717) is 5.56 Å². The summed E-state index contributed by atoms with van der Waals surface area (Å²) in [4.78, 5) is 27.4. The fourth-order valence-electron chi connectivity index (χ4n) is 6.25. The van der Waals surface area contributed by atoms with Crippen LogP contribution in [-0.2, 0) is 23.7 Å². The number of benzene rings is 3. The summed E-state index contributed by atoms with van der Waals surface area (Å²) < 4.78 is 44.8. The van der Waals surface area contributed by atoms with Crippen LogP contribution < -0.4 is 19.6 Å². The van der Waals surface area contributed by atoms with Crippen molar-refractivity contribution in [3.8, 4) is 51.6 Å². The molecule has 2 fully saturated rings. The van der Waals surface area contributed by atoms with E-state index in [2.05, 4.69) is 0 Å². The first-order valence-electron chi connectivity index (χ1n) is 17.3. The molecule has 19 heteroatoms. The van der Waals surface area contributed by atoms with Gasteiger partial charge in [-0.3, -0.25) is 4.79 Å². The second-order valence-corrected chi connectivity index (χ2v) is 13.1. The molecule has 0 unspecified atom stereocenters. The molecule has 6 rings (SSSR count). The molecule has 1 aromatic heterocycles. The van der Waals surface area contributed by atoms with Gasteiger partial charge in [0.25, 0.3) is 0 Å². The maximum absolute atomic E-state index is 14.1. The largest absolute Gasteiger partial charge is 0.508 e. The van der Waals surface area contributed by atoms with Gasteiger partial charge < -0.3 is 83.5 Å². The lowest BCUT2D eigenvalue weighted by Gasteiger charge is -2.43. The van der Waals surface area contributed by atoms with Crippen molar-refractivity contribution in [3.05, 3.63) is 70.4 Å². The van der Waals surface area contributed by atoms with Crippen molar-refractivity contribution < 1.29 is 88.3 Å². The number of aromatic hydroxyl groups is 4.